The SMILES string of the molecule is CCCC(NC(=O)COc1cccc(C)c1C)C(=O)O. The molecule has 1 atom stereocenters. The molecule has 0 aromatic heterocycles. The standard InChI is InChI=1S/C15H21NO4/c1-4-6-12(15(18)19)16-14(17)9-20-13-8-5-7-10(2)11(13)3/h5,7-8,12H,4,6,9H2,1-3H3,(H,16,17)(H,18,19). The molecule has 110 valence electrons. The van der Waals surface area contributed by atoms with E-state index in [9.17, 15) is 9.59 Å². The van der Waals surface area contributed by atoms with Crippen molar-refractivity contribution in [3.05, 3.63) is 29.3 Å². The Morgan fingerprint density at radius 1 is 1.35 bits per heavy atom. The van der Waals surface area contributed by atoms with E-state index in [1.807, 2.05) is 32.9 Å². The van der Waals surface area contributed by atoms with Crippen molar-refractivity contribution in [2.75, 3.05) is 6.61 Å². The number of amides is 1. The molecule has 0 bridgehead atoms. The van der Waals surface area contributed by atoms with Crippen molar-refractivity contribution in [1.29, 1.82) is 0 Å². The monoisotopic (exact) mass is 279 g/mol. The van der Waals surface area contributed by atoms with Crippen LogP contribution in [0.5, 0.6) is 5.75 Å². The molecule has 0 spiro atoms. The molecule has 0 aliphatic carbocycles. The van der Waals surface area contributed by atoms with Crippen molar-refractivity contribution >= 4 is 11.9 Å². The molecule has 5 nitrogen and oxygen atoms in total. The lowest BCUT2D eigenvalue weighted by Crippen LogP contribution is -2.42. The lowest BCUT2D eigenvalue weighted by Gasteiger charge is -2.15. The molecule has 1 amide bonds. The number of carboxylic acid groups (broad SMARTS) is 1. The quantitative estimate of drug-likeness (QED) is 0.801. The fourth-order valence-electron chi connectivity index (χ4n) is 1.81. The number of benzene rings is 1. The van der Waals surface area contributed by atoms with Gasteiger partial charge >= 0.3 is 5.97 Å². The van der Waals surface area contributed by atoms with Gasteiger partial charge in [0, 0.05) is 0 Å². The zero-order chi connectivity index (χ0) is 15.1. The molecule has 1 aromatic carbocycles. The normalized spacial score (nSPS) is 11.8. The number of hydrogen-bond donors (Lipinski definition) is 2. The van der Waals surface area contributed by atoms with Gasteiger partial charge in [-0.1, -0.05) is 25.5 Å². The smallest absolute Gasteiger partial charge is 0.326 e. The summed E-state index contributed by atoms with van der Waals surface area (Å²) >= 11 is 0. The average molecular weight is 279 g/mol. The first-order valence-electron chi connectivity index (χ1n) is 6.66. The Morgan fingerprint density at radius 3 is 2.65 bits per heavy atom. The molecule has 0 radical (unpaired) electrons. The van der Waals surface area contributed by atoms with Crippen LogP contribution in [0.1, 0.15) is 30.9 Å². The van der Waals surface area contributed by atoms with Gasteiger partial charge in [-0.05, 0) is 37.5 Å². The van der Waals surface area contributed by atoms with Gasteiger partial charge < -0.3 is 15.2 Å². The Kier molecular flexibility index (Phi) is 6.03. The van der Waals surface area contributed by atoms with Crippen LogP contribution in [-0.2, 0) is 9.59 Å². The second-order valence-corrected chi connectivity index (χ2v) is 4.73. The molecule has 0 fully saturated rings. The van der Waals surface area contributed by atoms with Crippen LogP contribution in [0, 0.1) is 13.8 Å². The molecule has 0 saturated heterocycles. The van der Waals surface area contributed by atoms with Crippen LogP contribution in [0.2, 0.25) is 0 Å². The van der Waals surface area contributed by atoms with E-state index in [-0.39, 0.29) is 6.61 Å². The molecule has 0 saturated carbocycles. The molecular formula is C15H21NO4. The molecule has 2 N–H and O–H groups in total. The van der Waals surface area contributed by atoms with Crippen LogP contribution in [-0.4, -0.2) is 29.6 Å². The number of carboxylic acids is 1. The lowest BCUT2D eigenvalue weighted by molar-refractivity contribution is -0.142. The minimum atomic E-state index is -1.02. The zero-order valence-corrected chi connectivity index (χ0v) is 12.1. The van der Waals surface area contributed by atoms with Crippen molar-refractivity contribution < 1.29 is 19.4 Å². The van der Waals surface area contributed by atoms with Crippen molar-refractivity contribution in [3.63, 3.8) is 0 Å². The topological polar surface area (TPSA) is 75.6 Å². The Balaban J connectivity index is 2.54. The number of rotatable bonds is 7. The first-order chi connectivity index (χ1) is 9.45. The molecule has 0 heterocycles. The predicted octanol–water partition coefficient (Wildman–Crippen LogP) is 2.05. The number of aliphatic carboxylic acids is 1. The average Bonchev–Trinajstić information content (AvgIpc) is 2.40. The number of carbonyl (C=O) groups excluding carboxylic acids is 1. The summed E-state index contributed by atoms with van der Waals surface area (Å²) < 4.78 is 5.43. The fraction of sp³-hybridized carbons (Fsp3) is 0.467. The number of aryl methyl sites for hydroxylation is 1. The van der Waals surface area contributed by atoms with E-state index in [0.29, 0.717) is 18.6 Å². The maximum atomic E-state index is 11.7. The summed E-state index contributed by atoms with van der Waals surface area (Å²) in [6.07, 6.45) is 1.10. The number of hydrogen-bond acceptors (Lipinski definition) is 3. The largest absolute Gasteiger partial charge is 0.483 e. The molecule has 1 rings (SSSR count). The lowest BCUT2D eigenvalue weighted by atomic mass is 10.1. The van der Waals surface area contributed by atoms with Crippen molar-refractivity contribution in [3.8, 4) is 5.75 Å². The first kappa shape index (κ1) is 16.0. The van der Waals surface area contributed by atoms with Gasteiger partial charge in [0.25, 0.3) is 5.91 Å². The third-order valence-electron chi connectivity index (χ3n) is 3.12. The van der Waals surface area contributed by atoms with E-state index in [2.05, 4.69) is 5.32 Å². The van der Waals surface area contributed by atoms with Gasteiger partial charge in [-0.2, -0.15) is 0 Å². The summed E-state index contributed by atoms with van der Waals surface area (Å²) in [6.45, 7) is 5.57. The van der Waals surface area contributed by atoms with Crippen LogP contribution in [0.25, 0.3) is 0 Å². The molecule has 1 unspecified atom stereocenters. The summed E-state index contributed by atoms with van der Waals surface area (Å²) in [5.74, 6) is -0.804. The van der Waals surface area contributed by atoms with E-state index in [0.717, 1.165) is 11.1 Å². The van der Waals surface area contributed by atoms with Gasteiger partial charge in [0.05, 0.1) is 0 Å². The van der Waals surface area contributed by atoms with Gasteiger partial charge in [0.15, 0.2) is 6.61 Å². The van der Waals surface area contributed by atoms with Crippen molar-refractivity contribution in [2.45, 2.75) is 39.7 Å². The maximum absolute atomic E-state index is 11.7. The first-order valence-corrected chi connectivity index (χ1v) is 6.66. The summed E-state index contributed by atoms with van der Waals surface area (Å²) in [5, 5.41) is 11.4. The molecular weight excluding hydrogens is 258 g/mol. The Hall–Kier alpha value is -2.04. The maximum Gasteiger partial charge on any atom is 0.326 e. The van der Waals surface area contributed by atoms with Crippen molar-refractivity contribution in [1.82, 2.24) is 5.32 Å². The minimum Gasteiger partial charge on any atom is -0.483 e. The van der Waals surface area contributed by atoms with E-state index < -0.39 is 17.9 Å². The van der Waals surface area contributed by atoms with E-state index >= 15 is 0 Å². The second-order valence-electron chi connectivity index (χ2n) is 4.73. The Morgan fingerprint density at radius 2 is 2.05 bits per heavy atom. The zero-order valence-electron chi connectivity index (χ0n) is 12.1. The van der Waals surface area contributed by atoms with Crippen LogP contribution >= 0.6 is 0 Å². The highest BCUT2D eigenvalue weighted by molar-refractivity contribution is 5.84. The highest BCUT2D eigenvalue weighted by Gasteiger charge is 2.19. The Bertz CT molecular complexity index is 485. The van der Waals surface area contributed by atoms with Crippen LogP contribution in [0.3, 0.4) is 0 Å². The Labute approximate surface area is 118 Å². The van der Waals surface area contributed by atoms with E-state index in [1.165, 1.54) is 0 Å². The fourth-order valence-corrected chi connectivity index (χ4v) is 1.81. The summed E-state index contributed by atoms with van der Waals surface area (Å²) in [6, 6.07) is 4.75. The van der Waals surface area contributed by atoms with E-state index in [4.69, 9.17) is 9.84 Å². The van der Waals surface area contributed by atoms with Crippen LogP contribution in [0.15, 0.2) is 18.2 Å². The highest BCUT2D eigenvalue weighted by Crippen LogP contribution is 2.20. The molecule has 0 aliphatic rings. The molecule has 1 aromatic rings. The third-order valence-corrected chi connectivity index (χ3v) is 3.12. The molecule has 0 aliphatic heterocycles. The number of ether oxygens (including phenoxy) is 1. The van der Waals surface area contributed by atoms with Gasteiger partial charge in [-0.3, -0.25) is 4.79 Å². The van der Waals surface area contributed by atoms with Gasteiger partial charge in [0.2, 0.25) is 0 Å². The summed E-state index contributed by atoms with van der Waals surface area (Å²) in [7, 11) is 0. The predicted molar refractivity (Wildman–Crippen MR) is 75.9 cm³/mol. The highest BCUT2D eigenvalue weighted by atomic mass is 16.5. The summed E-state index contributed by atoms with van der Waals surface area (Å²) in [4.78, 5) is 22.6. The minimum absolute atomic E-state index is 0.183. The van der Waals surface area contributed by atoms with Gasteiger partial charge in [-0.15, -0.1) is 0 Å². The third kappa shape index (κ3) is 4.57. The molecule has 20 heavy (non-hydrogen) atoms. The van der Waals surface area contributed by atoms with Crippen molar-refractivity contribution in [2.24, 2.45) is 0 Å². The van der Waals surface area contributed by atoms with Gasteiger partial charge in [0.1, 0.15) is 11.8 Å². The second kappa shape index (κ2) is 7.53. The van der Waals surface area contributed by atoms with Crippen LogP contribution < -0.4 is 10.1 Å². The number of carbonyl (C=O) groups is 2. The number of nitrogens with one attached hydrogen (secondary N) is 1. The molecule has 5 heteroatoms. The van der Waals surface area contributed by atoms with E-state index in [1.54, 1.807) is 6.07 Å². The van der Waals surface area contributed by atoms with Gasteiger partial charge in [-0.25, -0.2) is 4.79 Å². The van der Waals surface area contributed by atoms with Crippen LogP contribution in [0.4, 0.5) is 0 Å². The summed E-state index contributed by atoms with van der Waals surface area (Å²) in [5.41, 5.74) is 2.06.